The molecule has 1 unspecified atom stereocenters. The highest BCUT2D eigenvalue weighted by Crippen LogP contribution is 2.33. The summed E-state index contributed by atoms with van der Waals surface area (Å²) in [5.41, 5.74) is 6.47. The van der Waals surface area contributed by atoms with Crippen LogP contribution < -0.4 is 5.32 Å². The molecular weight excluding hydrogens is 472 g/mol. The minimum Gasteiger partial charge on any atom is -0.457 e. The molecule has 0 radical (unpaired) electrons. The molecule has 5 rings (SSSR count). The van der Waals surface area contributed by atoms with Crippen molar-refractivity contribution >= 4 is 11.9 Å². The Kier molecular flexibility index (Phi) is 7.11. The molecule has 3 aliphatic heterocycles. The lowest BCUT2D eigenvalue weighted by molar-refractivity contribution is 0.0500. The fraction of sp³-hybridized carbons (Fsp3) is 0.517. The number of carbonyl (C=O) groups excluding carboxylic acids is 2. The van der Waals surface area contributed by atoms with Gasteiger partial charge in [0.15, 0.2) is 0 Å². The van der Waals surface area contributed by atoms with Gasteiger partial charge >= 0.3 is 11.9 Å². The third-order valence-electron chi connectivity index (χ3n) is 8.31. The van der Waals surface area contributed by atoms with Gasteiger partial charge in [-0.2, -0.15) is 0 Å². The molecule has 0 spiro atoms. The van der Waals surface area contributed by atoms with Crippen LogP contribution in [-0.4, -0.2) is 59.8 Å². The molecule has 8 heteroatoms. The van der Waals surface area contributed by atoms with E-state index in [1.165, 1.54) is 0 Å². The van der Waals surface area contributed by atoms with E-state index in [0.717, 1.165) is 65.9 Å². The predicted molar refractivity (Wildman–Crippen MR) is 137 cm³/mol. The van der Waals surface area contributed by atoms with Crippen LogP contribution in [0.4, 0.5) is 0 Å². The van der Waals surface area contributed by atoms with Crippen LogP contribution in [0.2, 0.25) is 0 Å². The lowest BCUT2D eigenvalue weighted by Gasteiger charge is -2.41. The standard InChI is InChI=1S/C29H36N2O6/c1-17-19(5-7-21-23(17)13-36-27(21)34)25(32)11-30-15-29(3)9-4-10-31(16-29)12-26(33)20-6-8-22-24(18(20)2)14-37-28(22)35/h5-8,25-26,30,32-33H,4,9-16H2,1-3H3/t25-,26+,29?/m1/s1. The minimum atomic E-state index is -0.676. The number of β-amino-alcohol motifs (C(OH)–C–C–N with tert-alkyl or cyclic N) is 1. The van der Waals surface area contributed by atoms with E-state index in [1.54, 1.807) is 12.1 Å². The highest BCUT2D eigenvalue weighted by Gasteiger charge is 2.33. The molecule has 0 aromatic heterocycles. The second-order valence-corrected chi connectivity index (χ2v) is 11.1. The van der Waals surface area contributed by atoms with Gasteiger partial charge in [-0.25, -0.2) is 9.59 Å². The van der Waals surface area contributed by atoms with Gasteiger partial charge in [-0.3, -0.25) is 4.90 Å². The van der Waals surface area contributed by atoms with Crippen LogP contribution in [0.5, 0.6) is 0 Å². The number of benzene rings is 2. The SMILES string of the molecule is Cc1c([C@H](O)CNCC2(C)CCCN(C[C@H](O)c3ccc4c(c3C)COC4=O)C2)ccc2c1COC2=O. The Morgan fingerprint density at radius 2 is 1.51 bits per heavy atom. The van der Waals surface area contributed by atoms with Crippen LogP contribution in [0, 0.1) is 19.3 Å². The van der Waals surface area contributed by atoms with E-state index in [2.05, 4.69) is 17.1 Å². The molecule has 37 heavy (non-hydrogen) atoms. The van der Waals surface area contributed by atoms with E-state index in [1.807, 2.05) is 26.0 Å². The van der Waals surface area contributed by atoms with E-state index in [4.69, 9.17) is 9.47 Å². The second-order valence-electron chi connectivity index (χ2n) is 11.1. The number of aliphatic hydroxyl groups excluding tert-OH is 2. The lowest BCUT2D eigenvalue weighted by Crippen LogP contribution is -2.48. The van der Waals surface area contributed by atoms with E-state index in [-0.39, 0.29) is 30.6 Å². The number of nitrogens with zero attached hydrogens (tertiary/aromatic N) is 1. The Balaban J connectivity index is 1.16. The Morgan fingerprint density at radius 3 is 2.11 bits per heavy atom. The van der Waals surface area contributed by atoms with Gasteiger partial charge in [0, 0.05) is 37.3 Å². The maximum absolute atomic E-state index is 11.8. The van der Waals surface area contributed by atoms with Crippen LogP contribution in [-0.2, 0) is 22.7 Å². The molecular formula is C29H36N2O6. The van der Waals surface area contributed by atoms with Gasteiger partial charge in [0.05, 0.1) is 23.3 Å². The summed E-state index contributed by atoms with van der Waals surface area (Å²) >= 11 is 0. The number of nitrogens with one attached hydrogen (secondary N) is 1. The molecule has 1 saturated heterocycles. The fourth-order valence-corrected chi connectivity index (χ4v) is 6.15. The number of fused-ring (bicyclic) bond motifs is 2. The number of hydrogen-bond acceptors (Lipinski definition) is 8. The first-order chi connectivity index (χ1) is 17.7. The summed E-state index contributed by atoms with van der Waals surface area (Å²) in [6.07, 6.45) is 0.787. The number of esters is 2. The van der Waals surface area contributed by atoms with Crippen LogP contribution in [0.3, 0.4) is 0 Å². The van der Waals surface area contributed by atoms with Gasteiger partial charge in [-0.15, -0.1) is 0 Å². The molecule has 0 amide bonds. The second kappa shape index (κ2) is 10.2. The monoisotopic (exact) mass is 508 g/mol. The van der Waals surface area contributed by atoms with Crippen molar-refractivity contribution in [1.82, 2.24) is 10.2 Å². The summed E-state index contributed by atoms with van der Waals surface area (Å²) < 4.78 is 10.3. The zero-order valence-corrected chi connectivity index (χ0v) is 21.8. The van der Waals surface area contributed by atoms with Crippen LogP contribution in [0.25, 0.3) is 0 Å². The van der Waals surface area contributed by atoms with Crippen LogP contribution >= 0.6 is 0 Å². The number of aliphatic hydroxyl groups is 2. The summed E-state index contributed by atoms with van der Waals surface area (Å²) in [5, 5.41) is 25.4. The zero-order chi connectivity index (χ0) is 26.3. The molecule has 198 valence electrons. The number of rotatable bonds is 8. The average molecular weight is 509 g/mol. The van der Waals surface area contributed by atoms with E-state index >= 15 is 0 Å². The minimum absolute atomic E-state index is 0.0121. The highest BCUT2D eigenvalue weighted by atomic mass is 16.5. The third kappa shape index (κ3) is 5.03. The van der Waals surface area contributed by atoms with Gasteiger partial charge in [-0.05, 0) is 73.0 Å². The summed E-state index contributed by atoms with van der Waals surface area (Å²) in [5.74, 6) is -0.591. The largest absolute Gasteiger partial charge is 0.457 e. The third-order valence-corrected chi connectivity index (χ3v) is 8.31. The van der Waals surface area contributed by atoms with E-state index in [9.17, 15) is 19.8 Å². The van der Waals surface area contributed by atoms with Crippen molar-refractivity contribution in [2.24, 2.45) is 5.41 Å². The maximum atomic E-state index is 11.8. The van der Waals surface area contributed by atoms with Gasteiger partial charge in [0.2, 0.25) is 0 Å². The fourth-order valence-electron chi connectivity index (χ4n) is 6.15. The number of hydrogen-bond donors (Lipinski definition) is 3. The first-order valence-corrected chi connectivity index (χ1v) is 13.0. The van der Waals surface area contributed by atoms with E-state index < -0.39 is 12.2 Å². The summed E-state index contributed by atoms with van der Waals surface area (Å²) in [4.78, 5) is 25.9. The van der Waals surface area contributed by atoms with Gasteiger partial charge in [-0.1, -0.05) is 19.1 Å². The van der Waals surface area contributed by atoms with Crippen molar-refractivity contribution in [2.45, 2.75) is 59.0 Å². The van der Waals surface area contributed by atoms with Gasteiger partial charge in [0.25, 0.3) is 0 Å². The molecule has 2 aromatic rings. The molecule has 1 fully saturated rings. The lowest BCUT2D eigenvalue weighted by atomic mass is 9.81. The average Bonchev–Trinajstić information content (AvgIpc) is 3.43. The normalized spacial score (nSPS) is 22.8. The first kappa shape index (κ1) is 25.9. The number of cyclic esters (lactones) is 2. The number of carbonyl (C=O) groups is 2. The Bertz CT molecular complexity index is 1230. The topological polar surface area (TPSA) is 108 Å². The zero-order valence-electron chi connectivity index (χ0n) is 21.8. The summed E-state index contributed by atoms with van der Waals surface area (Å²) in [7, 11) is 0. The van der Waals surface area contributed by atoms with Crippen molar-refractivity contribution < 1.29 is 29.3 Å². The summed E-state index contributed by atoms with van der Waals surface area (Å²) in [6, 6.07) is 7.18. The molecule has 0 saturated carbocycles. The number of piperidine rings is 1. The Morgan fingerprint density at radius 1 is 0.946 bits per heavy atom. The molecule has 3 heterocycles. The molecule has 8 nitrogen and oxygen atoms in total. The maximum Gasteiger partial charge on any atom is 0.338 e. The van der Waals surface area contributed by atoms with Crippen molar-refractivity contribution in [3.05, 3.63) is 68.8 Å². The predicted octanol–water partition coefficient (Wildman–Crippen LogP) is 3.10. The van der Waals surface area contributed by atoms with Gasteiger partial charge < -0.3 is 25.0 Å². The summed E-state index contributed by atoms with van der Waals surface area (Å²) in [6.45, 7) is 10.1. The Labute approximate surface area is 217 Å². The molecule has 2 aromatic carbocycles. The van der Waals surface area contributed by atoms with Crippen molar-refractivity contribution in [1.29, 1.82) is 0 Å². The van der Waals surface area contributed by atoms with Gasteiger partial charge in [0.1, 0.15) is 13.2 Å². The smallest absolute Gasteiger partial charge is 0.338 e. The van der Waals surface area contributed by atoms with Crippen LogP contribution in [0.15, 0.2) is 24.3 Å². The van der Waals surface area contributed by atoms with Crippen molar-refractivity contribution in [3.8, 4) is 0 Å². The van der Waals surface area contributed by atoms with E-state index in [0.29, 0.717) is 24.2 Å². The van der Waals surface area contributed by atoms with Crippen molar-refractivity contribution in [2.75, 3.05) is 32.7 Å². The molecule has 0 aliphatic carbocycles. The molecule has 3 N–H and O–H groups in total. The quantitative estimate of drug-likeness (QED) is 0.467. The molecule has 3 aliphatic rings. The van der Waals surface area contributed by atoms with Crippen LogP contribution in [0.1, 0.15) is 86.1 Å². The Hall–Kier alpha value is -2.78. The van der Waals surface area contributed by atoms with Crippen molar-refractivity contribution in [3.63, 3.8) is 0 Å². The first-order valence-electron chi connectivity index (χ1n) is 13.0. The molecule has 3 atom stereocenters. The number of likely N-dealkylation sites (tertiary alicyclic amines) is 1. The highest BCUT2D eigenvalue weighted by molar-refractivity contribution is 5.94. The number of ether oxygens (including phenoxy) is 2. The molecule has 0 bridgehead atoms.